The molecule has 1 fully saturated rings. The van der Waals surface area contributed by atoms with E-state index in [0.717, 1.165) is 5.01 Å². The predicted molar refractivity (Wildman–Crippen MR) is 94.3 cm³/mol. The van der Waals surface area contributed by atoms with Crippen LogP contribution in [0.5, 0.6) is 0 Å². The predicted octanol–water partition coefficient (Wildman–Crippen LogP) is 0.896. The van der Waals surface area contributed by atoms with E-state index in [2.05, 4.69) is 4.98 Å². The van der Waals surface area contributed by atoms with Crippen molar-refractivity contribution in [3.05, 3.63) is 29.5 Å². The van der Waals surface area contributed by atoms with E-state index in [0.29, 0.717) is 37.6 Å². The number of furan rings is 1. The maximum atomic E-state index is 12.4. The van der Waals surface area contributed by atoms with Gasteiger partial charge >= 0.3 is 0 Å². The molecule has 3 heterocycles. The summed E-state index contributed by atoms with van der Waals surface area (Å²) < 4.78 is 32.1. The highest BCUT2D eigenvalue weighted by Gasteiger charge is 2.30. The fourth-order valence-corrected chi connectivity index (χ4v) is 4.44. The van der Waals surface area contributed by atoms with Crippen LogP contribution in [0.3, 0.4) is 0 Å². The van der Waals surface area contributed by atoms with Gasteiger partial charge in [0.2, 0.25) is 5.91 Å². The molecular formula is C15H20N4O4S2. The normalized spacial score (nSPS) is 16.5. The monoisotopic (exact) mass is 384 g/mol. The molecule has 0 spiro atoms. The van der Waals surface area contributed by atoms with Gasteiger partial charge in [0.15, 0.2) is 10.8 Å². The minimum Gasteiger partial charge on any atom is -0.462 e. The lowest BCUT2D eigenvalue weighted by atomic mass is 10.2. The number of rotatable bonds is 5. The Labute approximate surface area is 150 Å². The Bertz CT molecular complexity index is 822. The Balaban J connectivity index is 1.57. The number of carbonyl (C=O) groups is 1. The molecule has 0 N–H and O–H groups in total. The highest BCUT2D eigenvalue weighted by atomic mass is 32.2. The molecule has 0 unspecified atom stereocenters. The number of thiazole rings is 1. The van der Waals surface area contributed by atoms with Crippen LogP contribution >= 0.6 is 11.3 Å². The Morgan fingerprint density at radius 3 is 2.64 bits per heavy atom. The molecule has 1 saturated heterocycles. The first-order valence-electron chi connectivity index (χ1n) is 7.81. The van der Waals surface area contributed by atoms with Gasteiger partial charge in [0, 0.05) is 45.7 Å². The lowest BCUT2D eigenvalue weighted by Crippen LogP contribution is -2.53. The van der Waals surface area contributed by atoms with Crippen LogP contribution in [0.4, 0.5) is 0 Å². The fourth-order valence-electron chi connectivity index (χ4n) is 2.57. The number of hydrogen-bond donors (Lipinski definition) is 0. The molecule has 0 atom stereocenters. The van der Waals surface area contributed by atoms with Gasteiger partial charge in [-0.15, -0.1) is 11.3 Å². The maximum absolute atomic E-state index is 12.4. The largest absolute Gasteiger partial charge is 0.462 e. The van der Waals surface area contributed by atoms with E-state index in [1.165, 1.54) is 34.0 Å². The van der Waals surface area contributed by atoms with Gasteiger partial charge in [-0.2, -0.15) is 17.0 Å². The molecule has 1 aliphatic heterocycles. The molecule has 0 bridgehead atoms. The first-order valence-corrected chi connectivity index (χ1v) is 10.1. The van der Waals surface area contributed by atoms with E-state index in [9.17, 15) is 13.2 Å². The molecule has 2 aromatic heterocycles. The van der Waals surface area contributed by atoms with Gasteiger partial charge in [0.25, 0.3) is 10.2 Å². The third-order valence-electron chi connectivity index (χ3n) is 4.00. The van der Waals surface area contributed by atoms with Crippen molar-refractivity contribution in [3.8, 4) is 10.8 Å². The molecule has 0 saturated carbocycles. The first kappa shape index (κ1) is 18.1. The van der Waals surface area contributed by atoms with Crippen molar-refractivity contribution < 1.29 is 17.6 Å². The summed E-state index contributed by atoms with van der Waals surface area (Å²) in [4.78, 5) is 18.6. The second-order valence-electron chi connectivity index (χ2n) is 5.87. The summed E-state index contributed by atoms with van der Waals surface area (Å²) in [7, 11) is -0.411. The number of aromatic nitrogens is 1. The van der Waals surface area contributed by atoms with Crippen LogP contribution in [-0.2, 0) is 21.4 Å². The summed E-state index contributed by atoms with van der Waals surface area (Å²) in [6.07, 6.45) is 1.79. The van der Waals surface area contributed by atoms with Gasteiger partial charge in [-0.1, -0.05) is 0 Å². The van der Waals surface area contributed by atoms with Gasteiger partial charge in [0.1, 0.15) is 0 Å². The molecule has 0 aliphatic carbocycles. The maximum Gasteiger partial charge on any atom is 0.281 e. The Kier molecular flexibility index (Phi) is 5.23. The molecular weight excluding hydrogens is 364 g/mol. The van der Waals surface area contributed by atoms with Gasteiger partial charge in [-0.3, -0.25) is 4.79 Å². The average molecular weight is 384 g/mol. The minimum absolute atomic E-state index is 0.0433. The number of hydrogen-bond acceptors (Lipinski definition) is 6. The fraction of sp³-hybridized carbons (Fsp3) is 0.467. The van der Waals surface area contributed by atoms with Gasteiger partial charge in [-0.05, 0) is 12.1 Å². The summed E-state index contributed by atoms with van der Waals surface area (Å²) in [6, 6.07) is 3.62. The molecule has 136 valence electrons. The van der Waals surface area contributed by atoms with Crippen LogP contribution in [0.15, 0.2) is 28.2 Å². The van der Waals surface area contributed by atoms with Crippen molar-refractivity contribution in [2.75, 3.05) is 40.3 Å². The Hall–Kier alpha value is -1.75. The van der Waals surface area contributed by atoms with E-state index in [-0.39, 0.29) is 12.3 Å². The van der Waals surface area contributed by atoms with Crippen molar-refractivity contribution in [3.63, 3.8) is 0 Å². The van der Waals surface area contributed by atoms with Crippen molar-refractivity contribution in [1.82, 2.24) is 18.5 Å². The second-order valence-corrected chi connectivity index (χ2v) is 8.87. The standard InChI is InChI=1S/C15H20N4O4S2/c1-17(2)25(21,22)19-7-5-18(6-8-19)14(20)10-12-11-24-15(16-12)13-4-3-9-23-13/h3-4,9,11H,5-8,10H2,1-2H3. The lowest BCUT2D eigenvalue weighted by Gasteiger charge is -2.35. The summed E-state index contributed by atoms with van der Waals surface area (Å²) in [5.41, 5.74) is 0.699. The third kappa shape index (κ3) is 3.92. The first-order chi connectivity index (χ1) is 11.9. The minimum atomic E-state index is -3.42. The zero-order valence-corrected chi connectivity index (χ0v) is 15.7. The van der Waals surface area contributed by atoms with Crippen molar-refractivity contribution in [2.45, 2.75) is 6.42 Å². The van der Waals surface area contributed by atoms with Crippen molar-refractivity contribution in [2.24, 2.45) is 0 Å². The molecule has 0 radical (unpaired) electrons. The molecule has 0 aromatic carbocycles. The topological polar surface area (TPSA) is 87.0 Å². The summed E-state index contributed by atoms with van der Waals surface area (Å²) in [5.74, 6) is 0.643. The molecule has 2 aromatic rings. The summed E-state index contributed by atoms with van der Waals surface area (Å²) >= 11 is 1.43. The molecule has 1 amide bonds. The van der Waals surface area contributed by atoms with Gasteiger partial charge < -0.3 is 9.32 Å². The number of carbonyl (C=O) groups excluding carboxylic acids is 1. The molecule has 1 aliphatic rings. The van der Waals surface area contributed by atoms with E-state index in [4.69, 9.17) is 4.42 Å². The molecule has 25 heavy (non-hydrogen) atoms. The van der Waals surface area contributed by atoms with Crippen LogP contribution < -0.4 is 0 Å². The van der Waals surface area contributed by atoms with E-state index in [1.807, 2.05) is 11.4 Å². The van der Waals surface area contributed by atoms with E-state index >= 15 is 0 Å². The molecule has 8 nitrogen and oxygen atoms in total. The average Bonchev–Trinajstić information content (AvgIpc) is 3.26. The third-order valence-corrected chi connectivity index (χ3v) is 6.84. The zero-order chi connectivity index (χ0) is 18.0. The Morgan fingerprint density at radius 2 is 2.04 bits per heavy atom. The van der Waals surface area contributed by atoms with E-state index < -0.39 is 10.2 Å². The van der Waals surface area contributed by atoms with Gasteiger partial charge in [-0.25, -0.2) is 4.98 Å². The molecule has 10 heteroatoms. The van der Waals surface area contributed by atoms with Crippen LogP contribution in [0.25, 0.3) is 10.8 Å². The molecule has 3 rings (SSSR count). The van der Waals surface area contributed by atoms with Crippen molar-refractivity contribution in [1.29, 1.82) is 0 Å². The zero-order valence-electron chi connectivity index (χ0n) is 14.1. The number of piperazine rings is 1. The SMILES string of the molecule is CN(C)S(=O)(=O)N1CCN(C(=O)Cc2csc(-c3ccco3)n2)CC1. The van der Waals surface area contributed by atoms with Crippen molar-refractivity contribution >= 4 is 27.5 Å². The highest BCUT2D eigenvalue weighted by Crippen LogP contribution is 2.24. The van der Waals surface area contributed by atoms with Crippen LogP contribution in [0.1, 0.15) is 5.69 Å². The Morgan fingerprint density at radius 1 is 1.32 bits per heavy atom. The smallest absolute Gasteiger partial charge is 0.281 e. The quantitative estimate of drug-likeness (QED) is 0.764. The van der Waals surface area contributed by atoms with Crippen LogP contribution in [0, 0.1) is 0 Å². The van der Waals surface area contributed by atoms with Crippen LogP contribution in [-0.4, -0.2) is 73.1 Å². The summed E-state index contributed by atoms with van der Waals surface area (Å²) in [6.45, 7) is 1.39. The van der Waals surface area contributed by atoms with Gasteiger partial charge in [0.05, 0.1) is 18.4 Å². The van der Waals surface area contributed by atoms with E-state index in [1.54, 1.807) is 17.2 Å². The lowest BCUT2D eigenvalue weighted by molar-refractivity contribution is -0.131. The second kappa shape index (κ2) is 7.24. The highest BCUT2D eigenvalue weighted by molar-refractivity contribution is 7.86. The summed E-state index contributed by atoms with van der Waals surface area (Å²) in [5, 5.41) is 2.59. The van der Waals surface area contributed by atoms with Crippen LogP contribution in [0.2, 0.25) is 0 Å². The number of nitrogens with zero attached hydrogens (tertiary/aromatic N) is 4. The number of amides is 1.